The molecule has 4 heteroatoms. The summed E-state index contributed by atoms with van der Waals surface area (Å²) in [7, 11) is 1.64. The van der Waals surface area contributed by atoms with Gasteiger partial charge in [0.2, 0.25) is 0 Å². The van der Waals surface area contributed by atoms with Crippen LogP contribution >= 0.6 is 11.6 Å². The van der Waals surface area contributed by atoms with Gasteiger partial charge in [-0.1, -0.05) is 11.6 Å². The maximum absolute atomic E-state index is 10.4. The van der Waals surface area contributed by atoms with E-state index >= 15 is 0 Å². The Balaban J connectivity index is 2.41. The number of hydrogen-bond acceptors (Lipinski definition) is 3. The van der Waals surface area contributed by atoms with Crippen molar-refractivity contribution in [2.45, 2.75) is 20.0 Å². The SMILES string of the molecule is COc1cc(C)c(C(O)c2ccc(Cl)cn2)cc1C. The molecule has 19 heavy (non-hydrogen) atoms. The largest absolute Gasteiger partial charge is 0.496 e. The van der Waals surface area contributed by atoms with E-state index in [1.165, 1.54) is 6.20 Å². The second kappa shape index (κ2) is 5.59. The summed E-state index contributed by atoms with van der Waals surface area (Å²) in [5, 5.41) is 11.0. The van der Waals surface area contributed by atoms with Crippen molar-refractivity contribution in [3.05, 3.63) is 57.9 Å². The van der Waals surface area contributed by atoms with Crippen molar-refractivity contribution in [3.8, 4) is 5.75 Å². The van der Waals surface area contributed by atoms with E-state index in [2.05, 4.69) is 4.98 Å². The number of ether oxygens (including phenoxy) is 1. The second-order valence-electron chi connectivity index (χ2n) is 4.48. The van der Waals surface area contributed by atoms with Crippen LogP contribution in [0.3, 0.4) is 0 Å². The molecule has 1 heterocycles. The maximum atomic E-state index is 10.4. The van der Waals surface area contributed by atoms with Gasteiger partial charge in [-0.2, -0.15) is 0 Å². The lowest BCUT2D eigenvalue weighted by molar-refractivity contribution is 0.214. The van der Waals surface area contributed by atoms with Gasteiger partial charge in [0.1, 0.15) is 11.9 Å². The summed E-state index contributed by atoms with van der Waals surface area (Å²) in [5.41, 5.74) is 3.35. The fraction of sp³-hybridized carbons (Fsp3) is 0.267. The van der Waals surface area contributed by atoms with Gasteiger partial charge in [0, 0.05) is 6.20 Å². The van der Waals surface area contributed by atoms with Gasteiger partial charge in [0.15, 0.2) is 0 Å². The van der Waals surface area contributed by atoms with Crippen LogP contribution in [0.25, 0.3) is 0 Å². The number of aliphatic hydroxyl groups is 1. The van der Waals surface area contributed by atoms with Crippen molar-refractivity contribution < 1.29 is 9.84 Å². The Hall–Kier alpha value is -1.58. The van der Waals surface area contributed by atoms with Crippen LogP contribution in [0.5, 0.6) is 5.75 Å². The minimum Gasteiger partial charge on any atom is -0.496 e. The van der Waals surface area contributed by atoms with Crippen molar-refractivity contribution >= 4 is 11.6 Å². The summed E-state index contributed by atoms with van der Waals surface area (Å²) in [4.78, 5) is 4.15. The third-order valence-corrected chi connectivity index (χ3v) is 3.33. The summed E-state index contributed by atoms with van der Waals surface area (Å²) in [5.74, 6) is 0.817. The number of aryl methyl sites for hydroxylation is 2. The number of methoxy groups -OCH3 is 1. The third-order valence-electron chi connectivity index (χ3n) is 3.11. The Bertz CT molecular complexity index is 581. The van der Waals surface area contributed by atoms with Crippen LogP contribution in [0.2, 0.25) is 5.02 Å². The summed E-state index contributed by atoms with van der Waals surface area (Å²) < 4.78 is 5.27. The monoisotopic (exact) mass is 277 g/mol. The highest BCUT2D eigenvalue weighted by Gasteiger charge is 2.16. The standard InChI is InChI=1S/C15H16ClNO2/c1-9-7-14(19-3)10(2)6-12(9)15(18)13-5-4-11(16)8-17-13/h4-8,15,18H,1-3H3. The molecular weight excluding hydrogens is 262 g/mol. The van der Waals surface area contributed by atoms with Crippen LogP contribution in [0.15, 0.2) is 30.5 Å². The molecule has 0 spiro atoms. The first-order valence-corrected chi connectivity index (χ1v) is 6.35. The van der Waals surface area contributed by atoms with E-state index in [9.17, 15) is 5.11 Å². The molecular formula is C15H16ClNO2. The summed E-state index contributed by atoms with van der Waals surface area (Å²) in [6.45, 7) is 3.89. The molecule has 0 radical (unpaired) electrons. The molecule has 1 aromatic carbocycles. The smallest absolute Gasteiger partial charge is 0.122 e. The normalized spacial score (nSPS) is 12.3. The van der Waals surface area contributed by atoms with Crippen molar-refractivity contribution in [1.82, 2.24) is 4.98 Å². The van der Waals surface area contributed by atoms with E-state index in [4.69, 9.17) is 16.3 Å². The lowest BCUT2D eigenvalue weighted by Crippen LogP contribution is -2.05. The number of hydrogen-bond donors (Lipinski definition) is 1. The maximum Gasteiger partial charge on any atom is 0.122 e. The zero-order valence-electron chi connectivity index (χ0n) is 11.1. The second-order valence-corrected chi connectivity index (χ2v) is 4.92. The molecule has 2 rings (SSSR count). The Morgan fingerprint density at radius 3 is 2.53 bits per heavy atom. The van der Waals surface area contributed by atoms with E-state index in [0.717, 1.165) is 22.4 Å². The van der Waals surface area contributed by atoms with Gasteiger partial charge in [-0.05, 0) is 54.8 Å². The van der Waals surface area contributed by atoms with Crippen LogP contribution in [0.1, 0.15) is 28.5 Å². The first kappa shape index (κ1) is 13.8. The molecule has 2 aromatic rings. The molecule has 1 unspecified atom stereocenters. The quantitative estimate of drug-likeness (QED) is 0.934. The minimum atomic E-state index is -0.762. The van der Waals surface area contributed by atoms with Gasteiger partial charge in [-0.15, -0.1) is 0 Å². The number of aliphatic hydroxyl groups excluding tert-OH is 1. The van der Waals surface area contributed by atoms with Crippen LogP contribution < -0.4 is 4.74 Å². The first-order chi connectivity index (χ1) is 9.02. The van der Waals surface area contributed by atoms with Gasteiger partial charge >= 0.3 is 0 Å². The Kier molecular flexibility index (Phi) is 4.08. The van der Waals surface area contributed by atoms with Crippen LogP contribution in [-0.2, 0) is 0 Å². The fourth-order valence-electron chi connectivity index (χ4n) is 2.03. The molecule has 100 valence electrons. The van der Waals surface area contributed by atoms with E-state index in [1.54, 1.807) is 19.2 Å². The molecule has 0 fully saturated rings. The van der Waals surface area contributed by atoms with Crippen LogP contribution in [0.4, 0.5) is 0 Å². The lowest BCUT2D eigenvalue weighted by atomic mass is 9.98. The Morgan fingerprint density at radius 1 is 1.21 bits per heavy atom. The highest BCUT2D eigenvalue weighted by molar-refractivity contribution is 6.30. The lowest BCUT2D eigenvalue weighted by Gasteiger charge is -2.16. The summed E-state index contributed by atoms with van der Waals surface area (Å²) >= 11 is 5.80. The number of benzene rings is 1. The Labute approximate surface area is 117 Å². The molecule has 0 aliphatic heterocycles. The zero-order chi connectivity index (χ0) is 14.0. The van der Waals surface area contributed by atoms with Crippen molar-refractivity contribution in [1.29, 1.82) is 0 Å². The van der Waals surface area contributed by atoms with Crippen LogP contribution in [-0.4, -0.2) is 17.2 Å². The molecule has 0 bridgehead atoms. The number of rotatable bonds is 3. The predicted octanol–water partition coefficient (Wildman–Crippen LogP) is 3.44. The van der Waals surface area contributed by atoms with E-state index in [1.807, 2.05) is 26.0 Å². The van der Waals surface area contributed by atoms with Crippen molar-refractivity contribution in [2.75, 3.05) is 7.11 Å². The minimum absolute atomic E-state index is 0.554. The Morgan fingerprint density at radius 2 is 1.95 bits per heavy atom. The average Bonchev–Trinajstić information content (AvgIpc) is 2.41. The van der Waals surface area contributed by atoms with E-state index < -0.39 is 6.10 Å². The zero-order valence-corrected chi connectivity index (χ0v) is 11.9. The predicted molar refractivity (Wildman–Crippen MR) is 75.8 cm³/mol. The first-order valence-electron chi connectivity index (χ1n) is 5.97. The highest BCUT2D eigenvalue weighted by atomic mass is 35.5. The molecule has 0 amide bonds. The molecule has 0 saturated heterocycles. The van der Waals surface area contributed by atoms with Crippen molar-refractivity contribution in [2.24, 2.45) is 0 Å². The average molecular weight is 278 g/mol. The van der Waals surface area contributed by atoms with Gasteiger partial charge < -0.3 is 9.84 Å². The summed E-state index contributed by atoms with van der Waals surface area (Å²) in [6.07, 6.45) is 0.771. The fourth-order valence-corrected chi connectivity index (χ4v) is 2.15. The molecule has 0 aliphatic rings. The van der Waals surface area contributed by atoms with Crippen molar-refractivity contribution in [3.63, 3.8) is 0 Å². The number of aromatic nitrogens is 1. The molecule has 1 aromatic heterocycles. The number of pyridine rings is 1. The van der Waals surface area contributed by atoms with Gasteiger partial charge in [-0.3, -0.25) is 4.98 Å². The number of nitrogens with zero attached hydrogens (tertiary/aromatic N) is 1. The van der Waals surface area contributed by atoms with Gasteiger partial charge in [0.05, 0.1) is 17.8 Å². The molecule has 0 aliphatic carbocycles. The topological polar surface area (TPSA) is 42.4 Å². The highest BCUT2D eigenvalue weighted by Crippen LogP contribution is 2.29. The van der Waals surface area contributed by atoms with E-state index in [0.29, 0.717) is 10.7 Å². The summed E-state index contributed by atoms with van der Waals surface area (Å²) in [6, 6.07) is 7.30. The van der Waals surface area contributed by atoms with Gasteiger partial charge in [0.25, 0.3) is 0 Å². The number of halogens is 1. The van der Waals surface area contributed by atoms with Crippen LogP contribution in [0, 0.1) is 13.8 Å². The molecule has 1 atom stereocenters. The molecule has 1 N–H and O–H groups in total. The third kappa shape index (κ3) is 2.88. The molecule has 0 saturated carbocycles. The van der Waals surface area contributed by atoms with E-state index in [-0.39, 0.29) is 0 Å². The van der Waals surface area contributed by atoms with Gasteiger partial charge in [-0.25, -0.2) is 0 Å². The molecule has 3 nitrogen and oxygen atoms in total.